The summed E-state index contributed by atoms with van der Waals surface area (Å²) in [5, 5.41) is 3.15. The minimum atomic E-state index is -4.10. The summed E-state index contributed by atoms with van der Waals surface area (Å²) < 4.78 is 29.4. The van der Waals surface area contributed by atoms with Crippen molar-refractivity contribution >= 4 is 27.5 Å². The van der Waals surface area contributed by atoms with Gasteiger partial charge in [-0.1, -0.05) is 78.9 Å². The van der Waals surface area contributed by atoms with Crippen LogP contribution in [-0.2, 0) is 26.2 Å². The third-order valence-electron chi connectivity index (χ3n) is 8.11. The maximum absolute atomic E-state index is 14.2. The van der Waals surface area contributed by atoms with Gasteiger partial charge in [0.15, 0.2) is 0 Å². The molecule has 0 spiro atoms. The van der Waals surface area contributed by atoms with Gasteiger partial charge in [0.2, 0.25) is 11.8 Å². The number of sulfonamides is 1. The normalized spacial score (nSPS) is 14.7. The Bertz CT molecular complexity index is 1490. The molecule has 42 heavy (non-hydrogen) atoms. The summed E-state index contributed by atoms with van der Waals surface area (Å²) in [6.07, 6.45) is 5.18. The molecule has 0 aliphatic heterocycles. The van der Waals surface area contributed by atoms with E-state index in [1.54, 1.807) is 37.3 Å². The van der Waals surface area contributed by atoms with Crippen LogP contribution in [0.4, 0.5) is 5.69 Å². The SMILES string of the molecule is Cc1ccc(CN(C(=O)CN(c2cc(C)ccc2C)S(=O)(=O)c2ccc(C)cc2)[C@@H](C)C(=O)NC2CCCCC2)cc1. The van der Waals surface area contributed by atoms with Crippen LogP contribution in [0, 0.1) is 27.7 Å². The molecule has 1 fully saturated rings. The first-order valence-corrected chi connectivity index (χ1v) is 16.2. The molecule has 0 radical (unpaired) electrons. The van der Waals surface area contributed by atoms with Gasteiger partial charge in [-0.3, -0.25) is 13.9 Å². The van der Waals surface area contributed by atoms with Crippen molar-refractivity contribution in [2.45, 2.75) is 90.2 Å². The number of nitrogens with one attached hydrogen (secondary N) is 1. The standard InChI is InChI=1S/C34H43N3O4S/c1-24-12-17-29(18-13-24)22-36(28(5)34(39)35-30-9-7-6-8-10-30)33(38)23-37(32-21-26(3)11-16-27(32)4)42(40,41)31-19-14-25(2)15-20-31/h11-21,28,30H,6-10,22-23H2,1-5H3,(H,35,39)/t28-/m0/s1. The van der Waals surface area contributed by atoms with E-state index in [-0.39, 0.29) is 23.4 Å². The zero-order chi connectivity index (χ0) is 30.4. The van der Waals surface area contributed by atoms with Gasteiger partial charge < -0.3 is 10.2 Å². The molecule has 224 valence electrons. The molecule has 3 aromatic carbocycles. The molecule has 0 bridgehead atoms. The number of hydrogen-bond donors (Lipinski definition) is 1. The first-order chi connectivity index (χ1) is 20.0. The topological polar surface area (TPSA) is 86.8 Å². The van der Waals surface area contributed by atoms with Crippen LogP contribution in [0.15, 0.2) is 71.6 Å². The van der Waals surface area contributed by atoms with Crippen molar-refractivity contribution in [3.8, 4) is 0 Å². The van der Waals surface area contributed by atoms with Crippen molar-refractivity contribution in [2.24, 2.45) is 0 Å². The molecule has 1 aliphatic carbocycles. The van der Waals surface area contributed by atoms with Crippen LogP contribution in [0.2, 0.25) is 0 Å². The Hall–Kier alpha value is -3.65. The molecule has 3 aromatic rings. The molecule has 1 atom stereocenters. The second-order valence-electron chi connectivity index (χ2n) is 11.6. The average molecular weight is 590 g/mol. The fourth-order valence-electron chi connectivity index (χ4n) is 5.38. The first-order valence-electron chi connectivity index (χ1n) is 14.8. The van der Waals surface area contributed by atoms with E-state index in [0.29, 0.717) is 5.69 Å². The Morgan fingerprint density at radius 1 is 0.833 bits per heavy atom. The number of aryl methyl sites for hydroxylation is 4. The van der Waals surface area contributed by atoms with Gasteiger partial charge in [0.25, 0.3) is 10.0 Å². The molecule has 2 amide bonds. The highest BCUT2D eigenvalue weighted by atomic mass is 32.2. The average Bonchev–Trinajstić information content (AvgIpc) is 2.97. The first kappa shape index (κ1) is 31.3. The molecule has 0 unspecified atom stereocenters. The molecule has 8 heteroatoms. The summed E-state index contributed by atoms with van der Waals surface area (Å²) in [5.74, 6) is -0.666. The van der Waals surface area contributed by atoms with Crippen LogP contribution in [0.25, 0.3) is 0 Å². The molecule has 0 saturated heterocycles. The van der Waals surface area contributed by atoms with E-state index in [2.05, 4.69) is 5.32 Å². The summed E-state index contributed by atoms with van der Waals surface area (Å²) in [7, 11) is -4.10. The highest BCUT2D eigenvalue weighted by molar-refractivity contribution is 7.92. The van der Waals surface area contributed by atoms with Crippen LogP contribution in [-0.4, -0.2) is 43.8 Å². The molecular formula is C34H43N3O4S. The largest absolute Gasteiger partial charge is 0.352 e. The van der Waals surface area contributed by atoms with E-state index in [9.17, 15) is 18.0 Å². The quantitative estimate of drug-likeness (QED) is 0.315. The lowest BCUT2D eigenvalue weighted by Crippen LogP contribution is -2.53. The summed E-state index contributed by atoms with van der Waals surface area (Å²) in [6, 6.07) is 19.3. The van der Waals surface area contributed by atoms with Gasteiger partial charge in [0.05, 0.1) is 10.6 Å². The van der Waals surface area contributed by atoms with Gasteiger partial charge in [-0.2, -0.15) is 0 Å². The van der Waals surface area contributed by atoms with Crippen molar-refractivity contribution in [1.29, 1.82) is 0 Å². The van der Waals surface area contributed by atoms with E-state index in [1.807, 2.05) is 64.1 Å². The van der Waals surface area contributed by atoms with Crippen molar-refractivity contribution < 1.29 is 18.0 Å². The zero-order valence-corrected chi connectivity index (χ0v) is 26.2. The maximum atomic E-state index is 14.2. The van der Waals surface area contributed by atoms with Crippen molar-refractivity contribution in [3.63, 3.8) is 0 Å². The molecule has 7 nitrogen and oxygen atoms in total. The number of amides is 2. The lowest BCUT2D eigenvalue weighted by Gasteiger charge is -2.33. The molecule has 0 heterocycles. The van der Waals surface area contributed by atoms with Gasteiger partial charge in [-0.15, -0.1) is 0 Å². The zero-order valence-electron chi connectivity index (χ0n) is 25.4. The number of carbonyl (C=O) groups is 2. The number of hydrogen-bond acceptors (Lipinski definition) is 4. The van der Waals surface area contributed by atoms with Gasteiger partial charge >= 0.3 is 0 Å². The maximum Gasteiger partial charge on any atom is 0.264 e. The predicted molar refractivity (Wildman–Crippen MR) is 168 cm³/mol. The van der Waals surface area contributed by atoms with Crippen molar-refractivity contribution in [1.82, 2.24) is 10.2 Å². The Labute approximate surface area is 251 Å². The van der Waals surface area contributed by atoms with E-state index < -0.39 is 28.5 Å². The third kappa shape index (κ3) is 7.59. The Morgan fingerprint density at radius 2 is 1.40 bits per heavy atom. The second-order valence-corrected chi connectivity index (χ2v) is 13.5. The predicted octanol–water partition coefficient (Wildman–Crippen LogP) is 5.98. The van der Waals surface area contributed by atoms with E-state index in [1.165, 1.54) is 15.6 Å². The minimum absolute atomic E-state index is 0.0957. The number of nitrogens with zero attached hydrogens (tertiary/aromatic N) is 2. The minimum Gasteiger partial charge on any atom is -0.352 e. The number of benzene rings is 3. The van der Waals surface area contributed by atoms with Crippen LogP contribution in [0.3, 0.4) is 0 Å². The third-order valence-corrected chi connectivity index (χ3v) is 9.89. The summed E-state index contributed by atoms with van der Waals surface area (Å²) in [4.78, 5) is 29.3. The lowest BCUT2D eigenvalue weighted by atomic mass is 9.95. The van der Waals surface area contributed by atoms with Crippen LogP contribution < -0.4 is 9.62 Å². The Morgan fingerprint density at radius 3 is 2.02 bits per heavy atom. The molecule has 4 rings (SSSR count). The van der Waals surface area contributed by atoms with Crippen LogP contribution >= 0.6 is 0 Å². The monoisotopic (exact) mass is 589 g/mol. The Kier molecular flexibility index (Phi) is 10.1. The van der Waals surface area contributed by atoms with Crippen molar-refractivity contribution in [3.05, 3.63) is 94.5 Å². The van der Waals surface area contributed by atoms with Gasteiger partial charge in [0, 0.05) is 12.6 Å². The Balaban J connectivity index is 1.70. The van der Waals surface area contributed by atoms with Crippen LogP contribution in [0.1, 0.15) is 66.8 Å². The smallest absolute Gasteiger partial charge is 0.264 e. The highest BCUT2D eigenvalue weighted by Gasteiger charge is 2.33. The number of rotatable bonds is 10. The van der Waals surface area contributed by atoms with Gasteiger partial charge in [-0.25, -0.2) is 8.42 Å². The lowest BCUT2D eigenvalue weighted by molar-refractivity contribution is -0.139. The number of carbonyl (C=O) groups excluding carboxylic acids is 2. The van der Waals surface area contributed by atoms with Crippen LogP contribution in [0.5, 0.6) is 0 Å². The summed E-state index contributed by atoms with van der Waals surface area (Å²) >= 11 is 0. The van der Waals surface area contributed by atoms with E-state index in [0.717, 1.165) is 53.5 Å². The highest BCUT2D eigenvalue weighted by Crippen LogP contribution is 2.29. The molecule has 0 aromatic heterocycles. The molecular weight excluding hydrogens is 546 g/mol. The molecule has 1 N–H and O–H groups in total. The van der Waals surface area contributed by atoms with E-state index in [4.69, 9.17) is 0 Å². The van der Waals surface area contributed by atoms with Gasteiger partial charge in [0.1, 0.15) is 12.6 Å². The van der Waals surface area contributed by atoms with Crippen molar-refractivity contribution in [2.75, 3.05) is 10.8 Å². The second kappa shape index (κ2) is 13.6. The van der Waals surface area contributed by atoms with E-state index >= 15 is 0 Å². The fourth-order valence-corrected chi connectivity index (χ4v) is 6.85. The molecule has 1 aliphatic rings. The summed E-state index contributed by atoms with van der Waals surface area (Å²) in [6.45, 7) is 9.08. The summed E-state index contributed by atoms with van der Waals surface area (Å²) in [5.41, 5.74) is 4.95. The number of anilines is 1. The fraction of sp³-hybridized carbons (Fsp3) is 0.412. The molecule has 1 saturated carbocycles. The van der Waals surface area contributed by atoms with Gasteiger partial charge in [-0.05, 0) is 82.3 Å².